The Morgan fingerprint density at radius 2 is 2.05 bits per heavy atom. The van der Waals surface area contributed by atoms with E-state index in [1.807, 2.05) is 17.8 Å². The van der Waals surface area contributed by atoms with Gasteiger partial charge in [0.05, 0.1) is 11.7 Å². The minimum absolute atomic E-state index is 0.244. The molecule has 2 aliphatic rings. The lowest BCUT2D eigenvalue weighted by atomic mass is 9.83. The lowest BCUT2D eigenvalue weighted by Crippen LogP contribution is -2.32. The Kier molecular flexibility index (Phi) is 4.27. The molecule has 0 amide bonds. The Morgan fingerprint density at radius 3 is 2.85 bits per heavy atom. The van der Waals surface area contributed by atoms with Gasteiger partial charge in [-0.2, -0.15) is 0 Å². The Morgan fingerprint density at radius 1 is 1.25 bits per heavy atom. The van der Waals surface area contributed by atoms with Crippen LogP contribution in [-0.2, 0) is 4.74 Å². The van der Waals surface area contributed by atoms with Crippen molar-refractivity contribution < 1.29 is 4.74 Å². The monoisotopic (exact) mass is 291 g/mol. The van der Waals surface area contributed by atoms with Crippen molar-refractivity contribution in [3.05, 3.63) is 23.8 Å². The Hall–Kier alpha value is -0.670. The molecule has 3 heteroatoms. The zero-order chi connectivity index (χ0) is 14.0. The zero-order valence-electron chi connectivity index (χ0n) is 12.4. The van der Waals surface area contributed by atoms with Gasteiger partial charge in [-0.15, -0.1) is 11.8 Å². The van der Waals surface area contributed by atoms with Gasteiger partial charge in [0, 0.05) is 16.3 Å². The molecule has 0 bridgehead atoms. The predicted octanol–water partition coefficient (Wildman–Crippen LogP) is 4.55. The van der Waals surface area contributed by atoms with Crippen LogP contribution in [0.5, 0.6) is 0 Å². The van der Waals surface area contributed by atoms with Crippen LogP contribution in [0.25, 0.3) is 0 Å². The molecule has 1 heterocycles. The second-order valence-corrected chi connectivity index (χ2v) is 7.42. The first kappa shape index (κ1) is 14.3. The largest absolute Gasteiger partial charge is 0.399 e. The normalized spacial score (nSPS) is 25.1. The zero-order valence-corrected chi connectivity index (χ0v) is 13.2. The molecule has 1 aromatic carbocycles. The van der Waals surface area contributed by atoms with Crippen LogP contribution in [0.3, 0.4) is 0 Å². The number of aryl methyl sites for hydroxylation is 1. The van der Waals surface area contributed by atoms with Crippen LogP contribution in [0.4, 0.5) is 5.69 Å². The van der Waals surface area contributed by atoms with Crippen molar-refractivity contribution in [1.82, 2.24) is 0 Å². The second-order valence-electron chi connectivity index (χ2n) is 6.36. The average molecular weight is 291 g/mol. The third kappa shape index (κ3) is 3.15. The summed E-state index contributed by atoms with van der Waals surface area (Å²) in [4.78, 5) is 1.30. The number of thioether (sulfide) groups is 1. The maximum atomic E-state index is 6.43. The van der Waals surface area contributed by atoms with Crippen LogP contribution < -0.4 is 5.73 Å². The van der Waals surface area contributed by atoms with E-state index in [2.05, 4.69) is 19.1 Å². The van der Waals surface area contributed by atoms with E-state index in [9.17, 15) is 0 Å². The van der Waals surface area contributed by atoms with Crippen molar-refractivity contribution in [2.45, 2.75) is 68.5 Å². The molecule has 1 aromatic rings. The Bertz CT molecular complexity index is 468. The molecular weight excluding hydrogens is 266 g/mol. The summed E-state index contributed by atoms with van der Waals surface area (Å²) in [6.07, 6.45) is 9.61. The van der Waals surface area contributed by atoms with Gasteiger partial charge < -0.3 is 10.5 Å². The van der Waals surface area contributed by atoms with E-state index in [0.717, 1.165) is 11.4 Å². The van der Waals surface area contributed by atoms with Gasteiger partial charge in [0.15, 0.2) is 0 Å². The number of benzene rings is 1. The molecule has 2 N–H and O–H groups in total. The molecule has 0 aromatic heterocycles. The van der Waals surface area contributed by atoms with Crippen molar-refractivity contribution in [2.24, 2.45) is 0 Å². The number of anilines is 1. The van der Waals surface area contributed by atoms with Gasteiger partial charge in [-0.05, 0) is 50.3 Å². The van der Waals surface area contributed by atoms with E-state index in [1.54, 1.807) is 0 Å². The first-order valence-electron chi connectivity index (χ1n) is 7.84. The number of nitrogen functional groups attached to an aromatic ring is 1. The van der Waals surface area contributed by atoms with E-state index >= 15 is 0 Å². The molecule has 2 nitrogen and oxygen atoms in total. The third-order valence-corrected chi connectivity index (χ3v) is 6.03. The molecule has 0 radical (unpaired) electrons. The van der Waals surface area contributed by atoms with Gasteiger partial charge >= 0.3 is 0 Å². The van der Waals surface area contributed by atoms with Crippen molar-refractivity contribution in [3.63, 3.8) is 0 Å². The van der Waals surface area contributed by atoms with E-state index in [4.69, 9.17) is 10.5 Å². The summed E-state index contributed by atoms with van der Waals surface area (Å²) in [7, 11) is 0. The summed E-state index contributed by atoms with van der Waals surface area (Å²) in [5.41, 5.74) is 8.29. The highest BCUT2D eigenvalue weighted by Gasteiger charge is 2.40. The lowest BCUT2D eigenvalue weighted by molar-refractivity contribution is -0.0555. The van der Waals surface area contributed by atoms with Gasteiger partial charge in [0.2, 0.25) is 0 Å². The molecule has 110 valence electrons. The molecule has 1 aliphatic heterocycles. The molecule has 1 atom stereocenters. The fourth-order valence-electron chi connectivity index (χ4n) is 3.53. The predicted molar refractivity (Wildman–Crippen MR) is 86.2 cm³/mol. The number of hydrogen-bond acceptors (Lipinski definition) is 3. The average Bonchev–Trinajstić information content (AvgIpc) is 2.84. The minimum Gasteiger partial charge on any atom is -0.399 e. The highest BCUT2D eigenvalue weighted by Crippen LogP contribution is 2.43. The highest BCUT2D eigenvalue weighted by molar-refractivity contribution is 7.99. The SMILES string of the molecule is Cc1ccc(N)cc1SCC1CCC2(CCCCC2)O1. The molecule has 1 unspecified atom stereocenters. The third-order valence-electron chi connectivity index (χ3n) is 4.74. The van der Waals surface area contributed by atoms with E-state index in [-0.39, 0.29) is 5.60 Å². The fourth-order valence-corrected chi connectivity index (χ4v) is 4.65. The van der Waals surface area contributed by atoms with Crippen LogP contribution in [0, 0.1) is 6.92 Å². The van der Waals surface area contributed by atoms with E-state index in [1.165, 1.54) is 55.4 Å². The first-order chi connectivity index (χ1) is 9.67. The summed E-state index contributed by atoms with van der Waals surface area (Å²) in [6, 6.07) is 6.17. The van der Waals surface area contributed by atoms with E-state index in [0.29, 0.717) is 6.10 Å². The highest BCUT2D eigenvalue weighted by atomic mass is 32.2. The fraction of sp³-hybridized carbons (Fsp3) is 0.647. The van der Waals surface area contributed by atoms with Crippen LogP contribution >= 0.6 is 11.8 Å². The quantitative estimate of drug-likeness (QED) is 0.655. The van der Waals surface area contributed by atoms with Crippen LogP contribution in [0.2, 0.25) is 0 Å². The molecule has 1 aliphatic carbocycles. The number of nitrogens with two attached hydrogens (primary N) is 1. The van der Waals surface area contributed by atoms with Gasteiger partial charge in [-0.1, -0.05) is 25.3 Å². The summed E-state index contributed by atoms with van der Waals surface area (Å²) in [5.74, 6) is 1.06. The van der Waals surface area contributed by atoms with Crippen LogP contribution in [0.15, 0.2) is 23.1 Å². The molecule has 1 saturated heterocycles. The van der Waals surface area contributed by atoms with Crippen molar-refractivity contribution in [2.75, 3.05) is 11.5 Å². The number of rotatable bonds is 3. The standard InChI is InChI=1S/C17H25NOS/c1-13-5-6-14(18)11-16(13)20-12-15-7-10-17(19-15)8-3-2-4-9-17/h5-6,11,15H,2-4,7-10,12,18H2,1H3. The molecule has 2 fully saturated rings. The molecule has 20 heavy (non-hydrogen) atoms. The second kappa shape index (κ2) is 5.98. The van der Waals surface area contributed by atoms with Gasteiger partial charge in [-0.25, -0.2) is 0 Å². The summed E-state index contributed by atoms with van der Waals surface area (Å²) in [5, 5.41) is 0. The molecule has 1 spiro atoms. The number of hydrogen-bond donors (Lipinski definition) is 1. The smallest absolute Gasteiger partial charge is 0.0687 e. The Balaban J connectivity index is 1.56. The molecule has 3 rings (SSSR count). The topological polar surface area (TPSA) is 35.2 Å². The van der Waals surface area contributed by atoms with Crippen molar-refractivity contribution in [1.29, 1.82) is 0 Å². The van der Waals surface area contributed by atoms with Gasteiger partial charge in [0.25, 0.3) is 0 Å². The summed E-state index contributed by atoms with van der Waals surface area (Å²) in [6.45, 7) is 2.15. The van der Waals surface area contributed by atoms with Gasteiger partial charge in [0.1, 0.15) is 0 Å². The van der Waals surface area contributed by atoms with Crippen molar-refractivity contribution >= 4 is 17.4 Å². The maximum Gasteiger partial charge on any atom is 0.0687 e. The van der Waals surface area contributed by atoms with E-state index < -0.39 is 0 Å². The van der Waals surface area contributed by atoms with Gasteiger partial charge in [-0.3, -0.25) is 0 Å². The lowest BCUT2D eigenvalue weighted by Gasteiger charge is -2.33. The van der Waals surface area contributed by atoms with Crippen LogP contribution in [-0.4, -0.2) is 17.5 Å². The molecule has 1 saturated carbocycles. The Labute approximate surface area is 126 Å². The minimum atomic E-state index is 0.244. The number of ether oxygens (including phenoxy) is 1. The summed E-state index contributed by atoms with van der Waals surface area (Å²) >= 11 is 1.90. The van der Waals surface area contributed by atoms with Crippen molar-refractivity contribution in [3.8, 4) is 0 Å². The summed E-state index contributed by atoms with van der Waals surface area (Å²) < 4.78 is 6.43. The first-order valence-corrected chi connectivity index (χ1v) is 8.82. The molecular formula is C17H25NOS. The maximum absolute atomic E-state index is 6.43. The van der Waals surface area contributed by atoms with Crippen LogP contribution in [0.1, 0.15) is 50.5 Å².